The van der Waals surface area contributed by atoms with Gasteiger partial charge in [-0.15, -0.1) is 0 Å². The van der Waals surface area contributed by atoms with Crippen LogP contribution < -0.4 is 0 Å². The fourth-order valence-corrected chi connectivity index (χ4v) is 3.59. The fraction of sp³-hybridized carbons (Fsp3) is 0.615. The number of alkyl halides is 2. The number of halogens is 2. The van der Waals surface area contributed by atoms with Crippen LogP contribution in [0.5, 0.6) is 0 Å². The molecule has 12 heteroatoms. The van der Waals surface area contributed by atoms with Gasteiger partial charge in [0, 0.05) is 12.4 Å². The van der Waals surface area contributed by atoms with Crippen LogP contribution in [-0.2, 0) is 24.4 Å². The van der Waals surface area contributed by atoms with Crippen LogP contribution in [0.1, 0.15) is 19.3 Å². The average Bonchev–Trinajstić information content (AvgIpc) is 3.22. The lowest BCUT2D eigenvalue weighted by molar-refractivity contribution is -0.170. The number of imidazole rings is 1. The maximum atomic E-state index is 13.2. The molecule has 2 fully saturated rings. The zero-order valence-electron chi connectivity index (χ0n) is 12.6. The number of rotatable bonds is 4. The van der Waals surface area contributed by atoms with Gasteiger partial charge in [-0.3, -0.25) is 4.55 Å². The van der Waals surface area contributed by atoms with Gasteiger partial charge in [-0.05, 0) is 31.1 Å². The summed E-state index contributed by atoms with van der Waals surface area (Å²) in [6.45, 7) is 0. The molecule has 0 saturated heterocycles. The van der Waals surface area contributed by atoms with Crippen molar-refractivity contribution in [2.75, 3.05) is 0 Å². The number of hydrogen-bond donors (Lipinski definition) is 1. The van der Waals surface area contributed by atoms with E-state index in [4.69, 9.17) is 9.29 Å². The number of esters is 1. The SMILES string of the molecule is O=C(OC1CC2CC1CC2OC(=O)C(F)(F)S(=O)(=O)O)n1ccnc1. The number of carbonyl (C=O) groups excluding carboxylic acids is 2. The second-order valence-electron chi connectivity index (χ2n) is 6.06. The molecule has 1 N–H and O–H groups in total. The molecule has 4 unspecified atom stereocenters. The molecule has 2 aliphatic rings. The Morgan fingerprint density at radius 1 is 1.16 bits per heavy atom. The van der Waals surface area contributed by atoms with Gasteiger partial charge in [0.2, 0.25) is 0 Å². The molecule has 25 heavy (non-hydrogen) atoms. The van der Waals surface area contributed by atoms with Crippen LogP contribution in [0.2, 0.25) is 0 Å². The van der Waals surface area contributed by atoms with Crippen LogP contribution in [0.25, 0.3) is 0 Å². The molecular weight excluding hydrogens is 366 g/mol. The minimum absolute atomic E-state index is 0.167. The van der Waals surface area contributed by atoms with Gasteiger partial charge in [0.25, 0.3) is 0 Å². The number of hydrogen-bond acceptors (Lipinski definition) is 7. The summed E-state index contributed by atoms with van der Waals surface area (Å²) in [6, 6.07) is 0. The van der Waals surface area contributed by atoms with Crippen LogP contribution in [0.3, 0.4) is 0 Å². The van der Waals surface area contributed by atoms with E-state index in [1.807, 2.05) is 0 Å². The van der Waals surface area contributed by atoms with E-state index in [9.17, 15) is 26.8 Å². The molecule has 1 heterocycles. The average molecular weight is 380 g/mol. The minimum atomic E-state index is -5.89. The van der Waals surface area contributed by atoms with E-state index in [0.717, 1.165) is 4.57 Å². The first-order chi connectivity index (χ1) is 11.6. The number of nitrogens with zero attached hydrogens (tertiary/aromatic N) is 2. The van der Waals surface area contributed by atoms with E-state index >= 15 is 0 Å². The summed E-state index contributed by atoms with van der Waals surface area (Å²) in [5, 5.41) is -5.01. The van der Waals surface area contributed by atoms with E-state index in [-0.39, 0.29) is 18.3 Å². The lowest BCUT2D eigenvalue weighted by atomic mass is 9.95. The number of fused-ring (bicyclic) bond motifs is 2. The number of aromatic nitrogens is 2. The first-order valence-electron chi connectivity index (χ1n) is 7.34. The summed E-state index contributed by atoms with van der Waals surface area (Å²) in [7, 11) is -5.89. The van der Waals surface area contributed by atoms with Crippen molar-refractivity contribution in [3.8, 4) is 0 Å². The van der Waals surface area contributed by atoms with Gasteiger partial charge in [0.1, 0.15) is 18.5 Å². The summed E-state index contributed by atoms with van der Waals surface area (Å²) < 4.78 is 67.0. The standard InChI is InChI=1S/C13H14F2N2O7S/c14-13(15,25(20,21)22)11(18)23-9-4-8-3-7(9)5-10(8)24-12(19)17-2-1-16-6-17/h1-2,6-10H,3-5H2,(H,20,21,22). The fourth-order valence-electron chi connectivity index (χ4n) is 3.33. The largest absolute Gasteiger partial charge is 0.465 e. The molecule has 1 aromatic heterocycles. The summed E-state index contributed by atoms with van der Waals surface area (Å²) in [5.41, 5.74) is 0. The highest BCUT2D eigenvalue weighted by Gasteiger charge is 2.57. The molecule has 9 nitrogen and oxygen atoms in total. The molecule has 0 aliphatic heterocycles. The lowest BCUT2D eigenvalue weighted by Crippen LogP contribution is -2.42. The highest BCUT2D eigenvalue weighted by atomic mass is 32.2. The topological polar surface area (TPSA) is 125 Å². The van der Waals surface area contributed by atoms with E-state index in [1.54, 1.807) is 0 Å². The molecule has 0 aromatic carbocycles. The Morgan fingerprint density at radius 3 is 2.24 bits per heavy atom. The molecule has 4 atom stereocenters. The molecule has 0 radical (unpaired) electrons. The van der Waals surface area contributed by atoms with Gasteiger partial charge in [-0.2, -0.15) is 17.2 Å². The second-order valence-corrected chi connectivity index (χ2v) is 7.52. The quantitative estimate of drug-likeness (QED) is 0.607. The Hall–Kier alpha value is -2.08. The zero-order chi connectivity index (χ0) is 18.4. The van der Waals surface area contributed by atoms with Gasteiger partial charge >= 0.3 is 27.4 Å². The van der Waals surface area contributed by atoms with Crippen molar-refractivity contribution < 1.29 is 40.8 Å². The molecular formula is C13H14F2N2O7S. The van der Waals surface area contributed by atoms with Crippen LogP contribution in [0, 0.1) is 11.8 Å². The summed E-state index contributed by atoms with van der Waals surface area (Å²) in [6.07, 6.45) is 3.09. The van der Waals surface area contributed by atoms with E-state index in [1.165, 1.54) is 18.7 Å². The molecule has 3 rings (SSSR count). The van der Waals surface area contributed by atoms with Crippen molar-refractivity contribution in [2.45, 2.75) is 36.7 Å². The molecule has 2 aliphatic carbocycles. The molecule has 138 valence electrons. The van der Waals surface area contributed by atoms with Crippen molar-refractivity contribution in [1.82, 2.24) is 9.55 Å². The smallest absolute Gasteiger partial charge is 0.457 e. The van der Waals surface area contributed by atoms with Gasteiger partial charge in [-0.25, -0.2) is 19.1 Å². The third-order valence-electron chi connectivity index (χ3n) is 4.51. The highest BCUT2D eigenvalue weighted by Crippen LogP contribution is 2.48. The molecule has 2 saturated carbocycles. The summed E-state index contributed by atoms with van der Waals surface area (Å²) >= 11 is 0. The second kappa shape index (κ2) is 6.02. The Labute approximate surface area is 140 Å². The first kappa shape index (κ1) is 17.7. The van der Waals surface area contributed by atoms with E-state index in [2.05, 4.69) is 9.72 Å². The van der Waals surface area contributed by atoms with Crippen molar-refractivity contribution in [1.29, 1.82) is 0 Å². The maximum absolute atomic E-state index is 13.2. The predicted octanol–water partition coefficient (Wildman–Crippen LogP) is 1.06. The lowest BCUT2D eigenvalue weighted by Gasteiger charge is -2.28. The molecule has 2 bridgehead atoms. The number of ether oxygens (including phenoxy) is 2. The minimum Gasteiger partial charge on any atom is -0.457 e. The van der Waals surface area contributed by atoms with Crippen molar-refractivity contribution in [3.63, 3.8) is 0 Å². The van der Waals surface area contributed by atoms with Crippen molar-refractivity contribution in [2.24, 2.45) is 11.8 Å². The zero-order valence-corrected chi connectivity index (χ0v) is 13.4. The highest BCUT2D eigenvalue weighted by molar-refractivity contribution is 7.87. The van der Waals surface area contributed by atoms with Crippen molar-refractivity contribution in [3.05, 3.63) is 18.7 Å². The Bertz CT molecular complexity index is 780. The molecule has 0 spiro atoms. The van der Waals surface area contributed by atoms with Gasteiger partial charge in [-0.1, -0.05) is 0 Å². The normalized spacial score (nSPS) is 28.8. The Kier molecular flexibility index (Phi) is 4.27. The third kappa shape index (κ3) is 3.23. The Morgan fingerprint density at radius 2 is 1.76 bits per heavy atom. The summed E-state index contributed by atoms with van der Waals surface area (Å²) in [5.74, 6) is -2.82. The van der Waals surface area contributed by atoms with E-state index in [0.29, 0.717) is 12.8 Å². The van der Waals surface area contributed by atoms with E-state index < -0.39 is 39.6 Å². The van der Waals surface area contributed by atoms with Gasteiger partial charge < -0.3 is 9.47 Å². The van der Waals surface area contributed by atoms with Crippen LogP contribution >= 0.6 is 0 Å². The number of carbonyl (C=O) groups is 2. The molecule has 1 aromatic rings. The summed E-state index contributed by atoms with van der Waals surface area (Å²) in [4.78, 5) is 26.9. The third-order valence-corrected chi connectivity index (χ3v) is 5.33. The monoisotopic (exact) mass is 380 g/mol. The predicted molar refractivity (Wildman–Crippen MR) is 75.1 cm³/mol. The Balaban J connectivity index is 1.57. The molecule has 0 amide bonds. The maximum Gasteiger partial charge on any atom is 0.465 e. The van der Waals surface area contributed by atoms with Gasteiger partial charge in [0.15, 0.2) is 0 Å². The van der Waals surface area contributed by atoms with Gasteiger partial charge in [0.05, 0.1) is 0 Å². The first-order valence-corrected chi connectivity index (χ1v) is 8.78. The van der Waals surface area contributed by atoms with Crippen molar-refractivity contribution >= 4 is 22.2 Å². The van der Waals surface area contributed by atoms with Crippen LogP contribution in [0.15, 0.2) is 18.7 Å². The van der Waals surface area contributed by atoms with Crippen LogP contribution in [-0.4, -0.2) is 52.0 Å². The van der Waals surface area contributed by atoms with Crippen LogP contribution in [0.4, 0.5) is 13.6 Å².